The first-order valence-corrected chi connectivity index (χ1v) is 6.42. The molecule has 0 N–H and O–H groups in total. The summed E-state index contributed by atoms with van der Waals surface area (Å²) in [5, 5.41) is 0.891. The van der Waals surface area contributed by atoms with Crippen LogP contribution < -0.4 is 4.74 Å². The number of hydrogen-bond acceptors (Lipinski definition) is 2. The van der Waals surface area contributed by atoms with E-state index in [4.69, 9.17) is 27.9 Å². The SMILES string of the molecule is COc1ccc(C(=O)c2cc(Cl)cc(Cl)c2)cc1C. The largest absolute Gasteiger partial charge is 0.496 e. The van der Waals surface area contributed by atoms with Crippen molar-refractivity contribution in [3.8, 4) is 5.75 Å². The third-order valence-electron chi connectivity index (χ3n) is 2.78. The molecule has 0 saturated heterocycles. The van der Waals surface area contributed by atoms with Crippen molar-refractivity contribution in [3.63, 3.8) is 0 Å². The van der Waals surface area contributed by atoms with Crippen molar-refractivity contribution in [2.24, 2.45) is 0 Å². The van der Waals surface area contributed by atoms with E-state index >= 15 is 0 Å². The van der Waals surface area contributed by atoms with Gasteiger partial charge in [0.2, 0.25) is 0 Å². The Morgan fingerprint density at radius 3 is 2.16 bits per heavy atom. The van der Waals surface area contributed by atoms with Gasteiger partial charge in [-0.3, -0.25) is 4.79 Å². The topological polar surface area (TPSA) is 26.3 Å². The van der Waals surface area contributed by atoms with Crippen LogP contribution >= 0.6 is 23.2 Å². The van der Waals surface area contributed by atoms with E-state index in [1.54, 1.807) is 43.5 Å². The quantitative estimate of drug-likeness (QED) is 0.777. The Kier molecular flexibility index (Phi) is 4.13. The molecule has 0 spiro atoms. The van der Waals surface area contributed by atoms with Crippen molar-refractivity contribution in [1.82, 2.24) is 0 Å². The third kappa shape index (κ3) is 3.09. The molecule has 0 aliphatic rings. The first-order valence-electron chi connectivity index (χ1n) is 5.66. The van der Waals surface area contributed by atoms with Gasteiger partial charge in [-0.15, -0.1) is 0 Å². The van der Waals surface area contributed by atoms with E-state index in [9.17, 15) is 4.79 Å². The highest BCUT2D eigenvalue weighted by Gasteiger charge is 2.12. The number of rotatable bonds is 3. The zero-order chi connectivity index (χ0) is 14.0. The summed E-state index contributed by atoms with van der Waals surface area (Å²) in [5.74, 6) is 0.635. The number of benzene rings is 2. The van der Waals surface area contributed by atoms with E-state index in [1.165, 1.54) is 0 Å². The van der Waals surface area contributed by atoms with Crippen LogP contribution in [0.1, 0.15) is 21.5 Å². The number of carbonyl (C=O) groups excluding carboxylic acids is 1. The lowest BCUT2D eigenvalue weighted by Gasteiger charge is -2.07. The third-order valence-corrected chi connectivity index (χ3v) is 3.22. The first kappa shape index (κ1) is 13.9. The van der Waals surface area contributed by atoms with Crippen molar-refractivity contribution < 1.29 is 9.53 Å². The zero-order valence-corrected chi connectivity index (χ0v) is 12.0. The van der Waals surface area contributed by atoms with E-state index in [1.807, 2.05) is 6.92 Å². The van der Waals surface area contributed by atoms with Gasteiger partial charge < -0.3 is 4.74 Å². The molecular formula is C15H12Cl2O2. The monoisotopic (exact) mass is 294 g/mol. The lowest BCUT2D eigenvalue weighted by Crippen LogP contribution is -2.02. The number of halogens is 2. The molecule has 0 saturated carbocycles. The highest BCUT2D eigenvalue weighted by atomic mass is 35.5. The molecule has 0 atom stereocenters. The van der Waals surface area contributed by atoms with Crippen LogP contribution in [0.3, 0.4) is 0 Å². The Labute approximate surface area is 121 Å². The molecule has 0 aliphatic heterocycles. The second kappa shape index (κ2) is 5.64. The number of aryl methyl sites for hydroxylation is 1. The van der Waals surface area contributed by atoms with Crippen molar-refractivity contribution in [2.75, 3.05) is 7.11 Å². The van der Waals surface area contributed by atoms with E-state index in [-0.39, 0.29) is 5.78 Å². The number of carbonyl (C=O) groups is 1. The molecule has 2 nitrogen and oxygen atoms in total. The lowest BCUT2D eigenvalue weighted by molar-refractivity contribution is 0.103. The second-order valence-corrected chi connectivity index (χ2v) is 5.04. The highest BCUT2D eigenvalue weighted by molar-refractivity contribution is 6.35. The fourth-order valence-corrected chi connectivity index (χ4v) is 2.40. The molecule has 4 heteroatoms. The first-order chi connectivity index (χ1) is 9.01. The summed E-state index contributed by atoms with van der Waals surface area (Å²) in [4.78, 5) is 12.3. The van der Waals surface area contributed by atoms with Gasteiger partial charge in [0.05, 0.1) is 7.11 Å². The molecule has 98 valence electrons. The van der Waals surface area contributed by atoms with Gasteiger partial charge in [0, 0.05) is 21.2 Å². The van der Waals surface area contributed by atoms with Gasteiger partial charge in [-0.2, -0.15) is 0 Å². The fraction of sp³-hybridized carbons (Fsp3) is 0.133. The van der Waals surface area contributed by atoms with Gasteiger partial charge in [0.1, 0.15) is 5.75 Å². The highest BCUT2D eigenvalue weighted by Crippen LogP contribution is 2.24. The molecule has 0 fully saturated rings. The predicted octanol–water partition coefficient (Wildman–Crippen LogP) is 4.54. The Morgan fingerprint density at radius 2 is 1.63 bits per heavy atom. The maximum absolute atomic E-state index is 12.3. The van der Waals surface area contributed by atoms with E-state index in [0.717, 1.165) is 11.3 Å². The van der Waals surface area contributed by atoms with Crippen molar-refractivity contribution in [1.29, 1.82) is 0 Å². The van der Waals surface area contributed by atoms with Crippen molar-refractivity contribution >= 4 is 29.0 Å². The van der Waals surface area contributed by atoms with Crippen molar-refractivity contribution in [3.05, 3.63) is 63.1 Å². The van der Waals surface area contributed by atoms with E-state index in [0.29, 0.717) is 21.2 Å². The molecule has 2 aromatic carbocycles. The van der Waals surface area contributed by atoms with Gasteiger partial charge in [-0.25, -0.2) is 0 Å². The molecular weight excluding hydrogens is 283 g/mol. The minimum atomic E-state index is -0.116. The molecule has 2 aromatic rings. The molecule has 0 bridgehead atoms. The molecule has 2 rings (SSSR count). The van der Waals surface area contributed by atoms with Crippen LogP contribution in [0.15, 0.2) is 36.4 Å². The molecule has 0 heterocycles. The van der Waals surface area contributed by atoms with Crippen LogP contribution in [-0.4, -0.2) is 12.9 Å². The number of methoxy groups -OCH3 is 1. The Balaban J connectivity index is 2.41. The van der Waals surface area contributed by atoms with Crippen LogP contribution in [0.4, 0.5) is 0 Å². The van der Waals surface area contributed by atoms with E-state index < -0.39 is 0 Å². The van der Waals surface area contributed by atoms with Gasteiger partial charge in [0.25, 0.3) is 0 Å². The van der Waals surface area contributed by atoms with Crippen molar-refractivity contribution in [2.45, 2.75) is 6.92 Å². The van der Waals surface area contributed by atoms with Gasteiger partial charge >= 0.3 is 0 Å². The molecule has 0 unspecified atom stereocenters. The summed E-state index contributed by atoms with van der Waals surface area (Å²) in [5.41, 5.74) is 1.96. The average molecular weight is 295 g/mol. The number of ether oxygens (including phenoxy) is 1. The summed E-state index contributed by atoms with van der Waals surface area (Å²) in [6.07, 6.45) is 0. The molecule has 0 amide bonds. The summed E-state index contributed by atoms with van der Waals surface area (Å²) in [7, 11) is 1.60. The summed E-state index contributed by atoms with van der Waals surface area (Å²) in [6.45, 7) is 1.89. The Bertz CT molecular complexity index is 616. The maximum Gasteiger partial charge on any atom is 0.193 e. The number of hydrogen-bond donors (Lipinski definition) is 0. The zero-order valence-electron chi connectivity index (χ0n) is 10.5. The molecule has 0 radical (unpaired) electrons. The van der Waals surface area contributed by atoms with E-state index in [2.05, 4.69) is 0 Å². The molecule has 0 aromatic heterocycles. The van der Waals surface area contributed by atoms with Crippen LogP contribution in [-0.2, 0) is 0 Å². The Hall–Kier alpha value is -1.51. The van der Waals surface area contributed by atoms with Crippen LogP contribution in [0, 0.1) is 6.92 Å². The van der Waals surface area contributed by atoms with Gasteiger partial charge in [-0.1, -0.05) is 23.2 Å². The smallest absolute Gasteiger partial charge is 0.193 e. The minimum absolute atomic E-state index is 0.116. The summed E-state index contributed by atoms with van der Waals surface area (Å²) >= 11 is 11.8. The second-order valence-electron chi connectivity index (χ2n) is 4.17. The Morgan fingerprint density at radius 1 is 1.00 bits per heavy atom. The molecule has 19 heavy (non-hydrogen) atoms. The van der Waals surface area contributed by atoms with Crippen LogP contribution in [0.2, 0.25) is 10.0 Å². The lowest BCUT2D eigenvalue weighted by atomic mass is 10.0. The van der Waals surface area contributed by atoms with Gasteiger partial charge in [0.15, 0.2) is 5.78 Å². The number of ketones is 1. The average Bonchev–Trinajstić information content (AvgIpc) is 2.36. The summed E-state index contributed by atoms with van der Waals surface area (Å²) in [6, 6.07) is 10.1. The molecule has 0 aliphatic carbocycles. The summed E-state index contributed by atoms with van der Waals surface area (Å²) < 4.78 is 5.17. The van der Waals surface area contributed by atoms with Crippen LogP contribution in [0.5, 0.6) is 5.75 Å². The maximum atomic E-state index is 12.3. The normalized spacial score (nSPS) is 10.3. The fourth-order valence-electron chi connectivity index (χ4n) is 1.87. The van der Waals surface area contributed by atoms with Gasteiger partial charge in [-0.05, 0) is 48.9 Å². The van der Waals surface area contributed by atoms with Crippen LogP contribution in [0.25, 0.3) is 0 Å². The predicted molar refractivity (Wildman–Crippen MR) is 77.6 cm³/mol. The standard InChI is InChI=1S/C15H12Cl2O2/c1-9-5-10(3-4-14(9)19-2)15(18)11-6-12(16)8-13(17)7-11/h3-8H,1-2H3. The minimum Gasteiger partial charge on any atom is -0.496 e.